The molecule has 0 aliphatic heterocycles. The Kier molecular flexibility index (Phi) is 3.92. The Morgan fingerprint density at radius 1 is 1.47 bits per heavy atom. The van der Waals surface area contributed by atoms with E-state index in [-0.39, 0.29) is 5.91 Å². The SMILES string of the molecule is CC=CC(=O)Nc1ccc(C)cc1OC. The Balaban J connectivity index is 2.89. The van der Waals surface area contributed by atoms with Gasteiger partial charge < -0.3 is 10.1 Å². The van der Waals surface area contributed by atoms with Crippen LogP contribution < -0.4 is 10.1 Å². The van der Waals surface area contributed by atoms with E-state index in [0.717, 1.165) is 5.56 Å². The summed E-state index contributed by atoms with van der Waals surface area (Å²) in [5, 5.41) is 2.74. The van der Waals surface area contributed by atoms with E-state index in [1.165, 1.54) is 6.08 Å². The van der Waals surface area contributed by atoms with Gasteiger partial charge in [-0.15, -0.1) is 0 Å². The summed E-state index contributed by atoms with van der Waals surface area (Å²) in [5.74, 6) is 0.521. The summed E-state index contributed by atoms with van der Waals surface area (Å²) < 4.78 is 5.17. The highest BCUT2D eigenvalue weighted by Gasteiger charge is 2.04. The van der Waals surface area contributed by atoms with Gasteiger partial charge in [-0.05, 0) is 37.6 Å². The second-order valence-corrected chi connectivity index (χ2v) is 3.19. The van der Waals surface area contributed by atoms with Crippen molar-refractivity contribution in [1.82, 2.24) is 0 Å². The van der Waals surface area contributed by atoms with Crippen molar-refractivity contribution in [3.63, 3.8) is 0 Å². The molecule has 0 saturated heterocycles. The molecule has 0 heterocycles. The molecule has 1 N–H and O–H groups in total. The normalized spacial score (nSPS) is 10.3. The standard InChI is InChI=1S/C12H15NO2/c1-4-5-12(14)13-10-7-6-9(2)8-11(10)15-3/h4-8H,1-3H3,(H,13,14). The molecule has 0 aliphatic carbocycles. The van der Waals surface area contributed by atoms with Crippen LogP contribution in [0.3, 0.4) is 0 Å². The van der Waals surface area contributed by atoms with Crippen molar-refractivity contribution in [3.05, 3.63) is 35.9 Å². The van der Waals surface area contributed by atoms with Crippen LogP contribution in [0, 0.1) is 6.92 Å². The van der Waals surface area contributed by atoms with Crippen molar-refractivity contribution >= 4 is 11.6 Å². The van der Waals surface area contributed by atoms with Gasteiger partial charge in [0.1, 0.15) is 5.75 Å². The number of ether oxygens (including phenoxy) is 1. The van der Waals surface area contributed by atoms with Gasteiger partial charge in [0.15, 0.2) is 0 Å². The molecule has 80 valence electrons. The summed E-state index contributed by atoms with van der Waals surface area (Å²) in [6.45, 7) is 3.77. The molecule has 0 fully saturated rings. The Morgan fingerprint density at radius 3 is 2.80 bits per heavy atom. The van der Waals surface area contributed by atoms with Crippen molar-refractivity contribution in [2.75, 3.05) is 12.4 Å². The highest BCUT2D eigenvalue weighted by Crippen LogP contribution is 2.25. The molecule has 0 unspecified atom stereocenters. The molecule has 0 bridgehead atoms. The molecular formula is C12H15NO2. The Labute approximate surface area is 89.8 Å². The Bertz CT molecular complexity index is 383. The first-order valence-corrected chi connectivity index (χ1v) is 4.75. The number of amides is 1. The molecule has 1 aromatic rings. The minimum absolute atomic E-state index is 0.153. The fraction of sp³-hybridized carbons (Fsp3) is 0.250. The molecule has 15 heavy (non-hydrogen) atoms. The number of nitrogens with one attached hydrogen (secondary N) is 1. The van der Waals surface area contributed by atoms with Gasteiger partial charge in [0.25, 0.3) is 0 Å². The smallest absolute Gasteiger partial charge is 0.248 e. The third-order valence-corrected chi connectivity index (χ3v) is 1.93. The maximum absolute atomic E-state index is 11.3. The molecule has 3 heteroatoms. The lowest BCUT2D eigenvalue weighted by atomic mass is 10.2. The highest BCUT2D eigenvalue weighted by atomic mass is 16.5. The average Bonchev–Trinajstić information content (AvgIpc) is 2.21. The van der Waals surface area contributed by atoms with Gasteiger partial charge in [0, 0.05) is 0 Å². The third kappa shape index (κ3) is 3.13. The van der Waals surface area contributed by atoms with E-state index in [9.17, 15) is 4.79 Å². The van der Waals surface area contributed by atoms with Gasteiger partial charge in [0.2, 0.25) is 5.91 Å². The number of carbonyl (C=O) groups excluding carboxylic acids is 1. The van der Waals surface area contributed by atoms with E-state index < -0.39 is 0 Å². The van der Waals surface area contributed by atoms with Crippen molar-refractivity contribution < 1.29 is 9.53 Å². The Morgan fingerprint density at radius 2 is 2.20 bits per heavy atom. The maximum atomic E-state index is 11.3. The van der Waals surface area contributed by atoms with Gasteiger partial charge in [-0.3, -0.25) is 4.79 Å². The molecule has 0 aliphatic rings. The molecule has 0 aromatic heterocycles. The number of hydrogen-bond donors (Lipinski definition) is 1. The number of aryl methyl sites for hydroxylation is 1. The number of hydrogen-bond acceptors (Lipinski definition) is 2. The summed E-state index contributed by atoms with van der Waals surface area (Å²) in [6.07, 6.45) is 3.16. The number of rotatable bonds is 3. The quantitative estimate of drug-likeness (QED) is 0.770. The predicted molar refractivity (Wildman–Crippen MR) is 61.2 cm³/mol. The molecular weight excluding hydrogens is 190 g/mol. The topological polar surface area (TPSA) is 38.3 Å². The zero-order valence-corrected chi connectivity index (χ0v) is 9.20. The maximum Gasteiger partial charge on any atom is 0.248 e. The summed E-state index contributed by atoms with van der Waals surface area (Å²) in [4.78, 5) is 11.3. The van der Waals surface area contributed by atoms with E-state index in [1.54, 1.807) is 20.1 Å². The molecule has 1 amide bonds. The minimum atomic E-state index is -0.153. The van der Waals surface area contributed by atoms with Crippen LogP contribution in [0.5, 0.6) is 5.75 Å². The van der Waals surface area contributed by atoms with Crippen LogP contribution in [0.4, 0.5) is 5.69 Å². The van der Waals surface area contributed by atoms with Crippen molar-refractivity contribution in [1.29, 1.82) is 0 Å². The second-order valence-electron chi connectivity index (χ2n) is 3.19. The molecule has 0 atom stereocenters. The van der Waals surface area contributed by atoms with Crippen molar-refractivity contribution in [2.24, 2.45) is 0 Å². The summed E-state index contributed by atoms with van der Waals surface area (Å²) in [7, 11) is 1.58. The summed E-state index contributed by atoms with van der Waals surface area (Å²) >= 11 is 0. The Hall–Kier alpha value is -1.77. The summed E-state index contributed by atoms with van der Waals surface area (Å²) in [6, 6.07) is 5.63. The van der Waals surface area contributed by atoms with Gasteiger partial charge in [0.05, 0.1) is 12.8 Å². The largest absolute Gasteiger partial charge is 0.495 e. The van der Waals surface area contributed by atoms with Crippen molar-refractivity contribution in [3.8, 4) is 5.75 Å². The first kappa shape index (κ1) is 11.3. The van der Waals surface area contributed by atoms with Crippen LogP contribution in [0.25, 0.3) is 0 Å². The van der Waals surface area contributed by atoms with Crippen LogP contribution >= 0.6 is 0 Å². The number of benzene rings is 1. The number of allylic oxidation sites excluding steroid dienone is 1. The van der Waals surface area contributed by atoms with Gasteiger partial charge in [-0.1, -0.05) is 12.1 Å². The van der Waals surface area contributed by atoms with Crippen LogP contribution in [0.1, 0.15) is 12.5 Å². The zero-order chi connectivity index (χ0) is 11.3. The van der Waals surface area contributed by atoms with Crippen LogP contribution in [-0.2, 0) is 4.79 Å². The molecule has 1 rings (SSSR count). The number of carbonyl (C=O) groups is 1. The first-order valence-electron chi connectivity index (χ1n) is 4.75. The van der Waals surface area contributed by atoms with E-state index >= 15 is 0 Å². The molecule has 3 nitrogen and oxygen atoms in total. The molecule has 1 aromatic carbocycles. The minimum Gasteiger partial charge on any atom is -0.495 e. The lowest BCUT2D eigenvalue weighted by molar-refractivity contribution is -0.111. The lowest BCUT2D eigenvalue weighted by Gasteiger charge is -2.09. The van der Waals surface area contributed by atoms with Crippen LogP contribution in [-0.4, -0.2) is 13.0 Å². The molecule has 0 saturated carbocycles. The highest BCUT2D eigenvalue weighted by molar-refractivity contribution is 6.00. The third-order valence-electron chi connectivity index (χ3n) is 1.93. The van der Waals surface area contributed by atoms with Crippen LogP contribution in [0.15, 0.2) is 30.4 Å². The van der Waals surface area contributed by atoms with Gasteiger partial charge in [-0.25, -0.2) is 0 Å². The van der Waals surface area contributed by atoms with E-state index in [0.29, 0.717) is 11.4 Å². The van der Waals surface area contributed by atoms with E-state index in [2.05, 4.69) is 5.32 Å². The monoisotopic (exact) mass is 205 g/mol. The molecule has 0 spiro atoms. The number of methoxy groups -OCH3 is 1. The fourth-order valence-corrected chi connectivity index (χ4v) is 1.23. The van der Waals surface area contributed by atoms with Gasteiger partial charge >= 0.3 is 0 Å². The van der Waals surface area contributed by atoms with Gasteiger partial charge in [-0.2, -0.15) is 0 Å². The number of anilines is 1. The van der Waals surface area contributed by atoms with Crippen LogP contribution in [0.2, 0.25) is 0 Å². The second kappa shape index (κ2) is 5.20. The summed E-state index contributed by atoms with van der Waals surface area (Å²) in [5.41, 5.74) is 1.78. The average molecular weight is 205 g/mol. The van der Waals surface area contributed by atoms with Crippen molar-refractivity contribution in [2.45, 2.75) is 13.8 Å². The lowest BCUT2D eigenvalue weighted by Crippen LogP contribution is -2.08. The van der Waals surface area contributed by atoms with E-state index in [1.807, 2.05) is 25.1 Å². The first-order chi connectivity index (χ1) is 7.17. The zero-order valence-electron chi connectivity index (χ0n) is 9.20. The molecule has 0 radical (unpaired) electrons. The fourth-order valence-electron chi connectivity index (χ4n) is 1.23. The van der Waals surface area contributed by atoms with E-state index in [4.69, 9.17) is 4.74 Å². The predicted octanol–water partition coefficient (Wildman–Crippen LogP) is 2.52.